The van der Waals surface area contributed by atoms with Crippen molar-refractivity contribution in [2.24, 2.45) is 0 Å². The van der Waals surface area contributed by atoms with E-state index in [0.29, 0.717) is 6.54 Å². The Balaban J connectivity index is 1.99. The summed E-state index contributed by atoms with van der Waals surface area (Å²) in [4.78, 5) is 13.8. The number of carbonyl (C=O) groups excluding carboxylic acids is 1. The van der Waals surface area contributed by atoms with Gasteiger partial charge in [-0.2, -0.15) is 0 Å². The maximum Gasteiger partial charge on any atom is 0.244 e. The van der Waals surface area contributed by atoms with Crippen molar-refractivity contribution >= 4 is 23.0 Å². The molecule has 0 bridgehead atoms. The number of aliphatic hydroxyl groups excluding tert-OH is 1. The Morgan fingerprint density at radius 2 is 1.85 bits per heavy atom. The molecule has 0 saturated heterocycles. The Kier molecular flexibility index (Phi) is 3.16. The van der Waals surface area contributed by atoms with Crippen LogP contribution in [0.1, 0.15) is 18.6 Å². The second-order valence-electron chi connectivity index (χ2n) is 4.92. The molecule has 2 aromatic carbocycles. The van der Waals surface area contributed by atoms with Gasteiger partial charge < -0.3 is 15.3 Å². The van der Waals surface area contributed by atoms with Crippen LogP contribution >= 0.6 is 0 Å². The van der Waals surface area contributed by atoms with E-state index in [1.807, 2.05) is 53.4 Å². The Labute approximate surface area is 117 Å². The number of carbonyl (C=O) groups is 1. The van der Waals surface area contributed by atoms with Gasteiger partial charge in [-0.05, 0) is 36.8 Å². The van der Waals surface area contributed by atoms with E-state index in [1.165, 1.54) is 0 Å². The summed E-state index contributed by atoms with van der Waals surface area (Å²) < 4.78 is 0. The van der Waals surface area contributed by atoms with E-state index in [1.54, 1.807) is 6.92 Å². The quantitative estimate of drug-likeness (QED) is 0.880. The molecule has 2 N–H and O–H groups in total. The van der Waals surface area contributed by atoms with Crippen molar-refractivity contribution in [3.63, 3.8) is 0 Å². The maximum absolute atomic E-state index is 11.8. The van der Waals surface area contributed by atoms with Gasteiger partial charge in [0.25, 0.3) is 0 Å². The number of anilines is 3. The summed E-state index contributed by atoms with van der Waals surface area (Å²) in [5.74, 6) is -0.0247. The minimum atomic E-state index is -0.485. The number of nitrogens with one attached hydrogen (secondary N) is 1. The molecule has 1 aliphatic rings. The van der Waals surface area contributed by atoms with E-state index in [-0.39, 0.29) is 5.91 Å². The minimum absolute atomic E-state index is 0.0247. The van der Waals surface area contributed by atoms with E-state index in [9.17, 15) is 9.90 Å². The highest BCUT2D eigenvalue weighted by molar-refractivity contribution is 6.03. The number of rotatable bonds is 2. The molecule has 3 rings (SSSR count). The molecule has 0 unspecified atom stereocenters. The number of hydrogen-bond donors (Lipinski definition) is 2. The third-order valence-corrected chi connectivity index (χ3v) is 3.46. The lowest BCUT2D eigenvalue weighted by Crippen LogP contribution is -2.34. The van der Waals surface area contributed by atoms with Crippen LogP contribution in [0.5, 0.6) is 0 Å². The van der Waals surface area contributed by atoms with Gasteiger partial charge in [0, 0.05) is 5.69 Å². The zero-order chi connectivity index (χ0) is 14.1. The summed E-state index contributed by atoms with van der Waals surface area (Å²) in [6, 6.07) is 15.4. The molecule has 0 saturated carbocycles. The molecule has 20 heavy (non-hydrogen) atoms. The summed E-state index contributed by atoms with van der Waals surface area (Å²) >= 11 is 0. The van der Waals surface area contributed by atoms with Gasteiger partial charge in [-0.25, -0.2) is 0 Å². The molecule has 1 amide bonds. The van der Waals surface area contributed by atoms with Crippen molar-refractivity contribution in [3.05, 3.63) is 54.1 Å². The summed E-state index contributed by atoms with van der Waals surface area (Å²) in [6.45, 7) is 2.03. The first-order valence-electron chi connectivity index (χ1n) is 6.59. The number of fused-ring (bicyclic) bond motifs is 1. The van der Waals surface area contributed by atoms with E-state index >= 15 is 0 Å². The molecule has 1 atom stereocenters. The van der Waals surface area contributed by atoms with Crippen LogP contribution in [0.25, 0.3) is 0 Å². The molecule has 1 heterocycles. The van der Waals surface area contributed by atoms with Crippen LogP contribution in [0, 0.1) is 0 Å². The van der Waals surface area contributed by atoms with Crippen molar-refractivity contribution in [1.29, 1.82) is 0 Å². The topological polar surface area (TPSA) is 52.6 Å². The van der Waals surface area contributed by atoms with Gasteiger partial charge >= 0.3 is 0 Å². The minimum Gasteiger partial charge on any atom is -0.389 e. The molecule has 102 valence electrons. The molecule has 0 aliphatic carbocycles. The van der Waals surface area contributed by atoms with E-state index < -0.39 is 6.10 Å². The molecule has 4 heteroatoms. The summed E-state index contributed by atoms with van der Waals surface area (Å²) in [5.41, 5.74) is 3.61. The Morgan fingerprint density at radius 1 is 1.15 bits per heavy atom. The zero-order valence-electron chi connectivity index (χ0n) is 11.2. The van der Waals surface area contributed by atoms with E-state index in [2.05, 4.69) is 5.32 Å². The van der Waals surface area contributed by atoms with Crippen LogP contribution < -0.4 is 10.2 Å². The molecule has 0 fully saturated rings. The highest BCUT2D eigenvalue weighted by atomic mass is 16.3. The molecule has 4 nitrogen and oxygen atoms in total. The highest BCUT2D eigenvalue weighted by Gasteiger charge is 2.22. The summed E-state index contributed by atoms with van der Waals surface area (Å²) in [7, 11) is 0. The predicted octanol–water partition coefficient (Wildman–Crippen LogP) is 2.83. The number of para-hydroxylation sites is 2. The number of benzene rings is 2. The van der Waals surface area contributed by atoms with Crippen molar-refractivity contribution in [2.75, 3.05) is 16.8 Å². The lowest BCUT2D eigenvalue weighted by atomic mass is 10.1. The predicted molar refractivity (Wildman–Crippen MR) is 79.2 cm³/mol. The smallest absolute Gasteiger partial charge is 0.244 e. The van der Waals surface area contributed by atoms with Gasteiger partial charge in [-0.3, -0.25) is 4.79 Å². The second kappa shape index (κ2) is 4.98. The fourth-order valence-corrected chi connectivity index (χ4v) is 2.40. The van der Waals surface area contributed by atoms with Crippen LogP contribution in [-0.4, -0.2) is 17.6 Å². The van der Waals surface area contributed by atoms with Crippen LogP contribution in [0.4, 0.5) is 17.1 Å². The third kappa shape index (κ3) is 2.26. The number of amides is 1. The zero-order valence-corrected chi connectivity index (χ0v) is 11.2. The van der Waals surface area contributed by atoms with Gasteiger partial charge in [0.1, 0.15) is 6.54 Å². The molecule has 0 spiro atoms. The Hall–Kier alpha value is -2.33. The maximum atomic E-state index is 11.8. The number of hydrogen-bond acceptors (Lipinski definition) is 3. The van der Waals surface area contributed by atoms with Gasteiger partial charge in [-0.1, -0.05) is 24.3 Å². The van der Waals surface area contributed by atoms with E-state index in [0.717, 1.165) is 22.6 Å². The summed E-state index contributed by atoms with van der Waals surface area (Å²) in [5, 5.41) is 12.4. The average Bonchev–Trinajstić information content (AvgIpc) is 2.46. The van der Waals surface area contributed by atoms with Crippen molar-refractivity contribution < 1.29 is 9.90 Å². The largest absolute Gasteiger partial charge is 0.389 e. The molecule has 1 aliphatic heterocycles. The van der Waals surface area contributed by atoms with Crippen LogP contribution in [0.15, 0.2) is 48.5 Å². The third-order valence-electron chi connectivity index (χ3n) is 3.46. The van der Waals surface area contributed by atoms with Crippen molar-refractivity contribution in [1.82, 2.24) is 0 Å². The van der Waals surface area contributed by atoms with Gasteiger partial charge in [0.15, 0.2) is 0 Å². The van der Waals surface area contributed by atoms with Crippen LogP contribution in [0.2, 0.25) is 0 Å². The van der Waals surface area contributed by atoms with Gasteiger partial charge in [0.2, 0.25) is 5.91 Å². The fourth-order valence-electron chi connectivity index (χ4n) is 2.40. The van der Waals surface area contributed by atoms with Crippen LogP contribution in [0.3, 0.4) is 0 Å². The van der Waals surface area contributed by atoms with Gasteiger partial charge in [0.05, 0.1) is 17.5 Å². The van der Waals surface area contributed by atoms with Gasteiger partial charge in [-0.15, -0.1) is 0 Å². The molecular weight excluding hydrogens is 252 g/mol. The SMILES string of the molecule is C[C@@H](O)c1ccc(N2CC(=O)Nc3ccccc32)cc1. The summed E-state index contributed by atoms with van der Waals surface area (Å²) in [6.07, 6.45) is -0.485. The lowest BCUT2D eigenvalue weighted by Gasteiger charge is -2.31. The molecule has 2 aromatic rings. The second-order valence-corrected chi connectivity index (χ2v) is 4.92. The first-order valence-corrected chi connectivity index (χ1v) is 6.59. The first-order chi connectivity index (χ1) is 9.65. The Morgan fingerprint density at radius 3 is 2.55 bits per heavy atom. The first kappa shape index (κ1) is 12.7. The van der Waals surface area contributed by atoms with Crippen molar-refractivity contribution in [3.8, 4) is 0 Å². The number of aliphatic hydroxyl groups is 1. The highest BCUT2D eigenvalue weighted by Crippen LogP contribution is 2.34. The standard InChI is InChI=1S/C16H16N2O2/c1-11(19)12-6-8-13(9-7-12)18-10-16(20)17-14-4-2-3-5-15(14)18/h2-9,11,19H,10H2,1H3,(H,17,20)/t11-/m1/s1. The monoisotopic (exact) mass is 268 g/mol. The molecule has 0 radical (unpaired) electrons. The molecular formula is C16H16N2O2. The average molecular weight is 268 g/mol. The fraction of sp³-hybridized carbons (Fsp3) is 0.188. The van der Waals surface area contributed by atoms with Crippen LogP contribution in [-0.2, 0) is 4.79 Å². The molecule has 0 aromatic heterocycles. The normalized spacial score (nSPS) is 15.5. The lowest BCUT2D eigenvalue weighted by molar-refractivity contribution is -0.115. The van der Waals surface area contributed by atoms with Crippen molar-refractivity contribution in [2.45, 2.75) is 13.0 Å². The Bertz CT molecular complexity index is 635. The number of nitrogens with zero attached hydrogens (tertiary/aromatic N) is 1. The van der Waals surface area contributed by atoms with E-state index in [4.69, 9.17) is 0 Å².